The van der Waals surface area contributed by atoms with E-state index in [9.17, 15) is 9.90 Å². The molecule has 3 atom stereocenters. The smallest absolute Gasteiger partial charge is 0.254 e. The van der Waals surface area contributed by atoms with Crippen molar-refractivity contribution in [2.75, 3.05) is 13.7 Å². The molecule has 1 heterocycles. The molecule has 1 saturated heterocycles. The van der Waals surface area contributed by atoms with Gasteiger partial charge in [-0.25, -0.2) is 0 Å². The van der Waals surface area contributed by atoms with Crippen LogP contribution in [0.15, 0.2) is 0 Å². The van der Waals surface area contributed by atoms with E-state index in [1.165, 1.54) is 0 Å². The Balaban J connectivity index is 2.79. The molecule has 94 valence electrons. The number of aliphatic hydroxyl groups is 1. The molecule has 0 aliphatic carbocycles. The van der Waals surface area contributed by atoms with E-state index in [-0.39, 0.29) is 11.9 Å². The standard InChI is InChI=1S/C12H23NO3/c1-5-12(3,16-4)11(15)13-8-6-7-10(14)9(13)2/h9-10,14H,5-8H2,1-4H3. The molecule has 1 amide bonds. The first-order valence-corrected chi connectivity index (χ1v) is 6.00. The van der Waals surface area contributed by atoms with Crippen LogP contribution in [0, 0.1) is 0 Å². The molecule has 0 bridgehead atoms. The Labute approximate surface area is 97.6 Å². The van der Waals surface area contributed by atoms with Crippen molar-refractivity contribution < 1.29 is 14.6 Å². The summed E-state index contributed by atoms with van der Waals surface area (Å²) in [5.74, 6) is -0.0104. The Hall–Kier alpha value is -0.610. The van der Waals surface area contributed by atoms with Gasteiger partial charge in [0.25, 0.3) is 5.91 Å². The van der Waals surface area contributed by atoms with Crippen LogP contribution in [0.4, 0.5) is 0 Å². The van der Waals surface area contributed by atoms with Crippen LogP contribution in [0.1, 0.15) is 40.0 Å². The molecular weight excluding hydrogens is 206 g/mol. The van der Waals surface area contributed by atoms with Crippen molar-refractivity contribution in [1.29, 1.82) is 0 Å². The van der Waals surface area contributed by atoms with Gasteiger partial charge in [0, 0.05) is 13.7 Å². The predicted octanol–water partition coefficient (Wildman–Crippen LogP) is 1.17. The summed E-state index contributed by atoms with van der Waals surface area (Å²) in [6, 6.07) is -0.109. The molecular formula is C12H23NO3. The molecule has 0 aromatic carbocycles. The molecule has 4 nitrogen and oxygen atoms in total. The summed E-state index contributed by atoms with van der Waals surface area (Å²) in [5, 5.41) is 9.77. The molecule has 1 N–H and O–H groups in total. The normalized spacial score (nSPS) is 29.9. The van der Waals surface area contributed by atoms with E-state index in [4.69, 9.17) is 4.74 Å². The van der Waals surface area contributed by atoms with Crippen molar-refractivity contribution in [2.24, 2.45) is 0 Å². The minimum Gasteiger partial charge on any atom is -0.391 e. The minimum atomic E-state index is -0.759. The van der Waals surface area contributed by atoms with E-state index in [1.54, 1.807) is 12.0 Å². The van der Waals surface area contributed by atoms with E-state index >= 15 is 0 Å². The summed E-state index contributed by atoms with van der Waals surface area (Å²) in [5.41, 5.74) is -0.759. The number of carbonyl (C=O) groups is 1. The summed E-state index contributed by atoms with van der Waals surface area (Å²) < 4.78 is 5.31. The van der Waals surface area contributed by atoms with Gasteiger partial charge in [-0.15, -0.1) is 0 Å². The largest absolute Gasteiger partial charge is 0.391 e. The highest BCUT2D eigenvalue weighted by Gasteiger charge is 2.39. The first kappa shape index (κ1) is 13.5. The van der Waals surface area contributed by atoms with Gasteiger partial charge in [0.2, 0.25) is 0 Å². The Morgan fingerprint density at radius 2 is 2.25 bits per heavy atom. The molecule has 1 fully saturated rings. The maximum atomic E-state index is 12.3. The fraction of sp³-hybridized carbons (Fsp3) is 0.917. The second-order valence-electron chi connectivity index (χ2n) is 4.74. The van der Waals surface area contributed by atoms with Crippen molar-refractivity contribution in [3.05, 3.63) is 0 Å². The lowest BCUT2D eigenvalue weighted by Crippen LogP contribution is -2.56. The zero-order chi connectivity index (χ0) is 12.3. The number of nitrogens with zero attached hydrogens (tertiary/aromatic N) is 1. The first-order valence-electron chi connectivity index (χ1n) is 6.00. The third-order valence-corrected chi connectivity index (χ3v) is 3.79. The molecule has 0 aromatic heterocycles. The number of piperidine rings is 1. The third-order valence-electron chi connectivity index (χ3n) is 3.79. The van der Waals surface area contributed by atoms with E-state index in [1.807, 2.05) is 20.8 Å². The predicted molar refractivity (Wildman–Crippen MR) is 62.1 cm³/mol. The summed E-state index contributed by atoms with van der Waals surface area (Å²) in [4.78, 5) is 14.1. The number of aliphatic hydroxyl groups excluding tert-OH is 1. The number of likely N-dealkylation sites (tertiary alicyclic amines) is 1. The van der Waals surface area contributed by atoms with Crippen LogP contribution in [0.25, 0.3) is 0 Å². The highest BCUT2D eigenvalue weighted by Crippen LogP contribution is 2.24. The van der Waals surface area contributed by atoms with Gasteiger partial charge >= 0.3 is 0 Å². The van der Waals surface area contributed by atoms with Crippen molar-refractivity contribution in [3.8, 4) is 0 Å². The molecule has 16 heavy (non-hydrogen) atoms. The average Bonchev–Trinajstić information content (AvgIpc) is 2.31. The number of amides is 1. The van der Waals surface area contributed by atoms with Crippen molar-refractivity contribution in [3.63, 3.8) is 0 Å². The monoisotopic (exact) mass is 229 g/mol. The van der Waals surface area contributed by atoms with E-state index in [0.29, 0.717) is 6.42 Å². The number of hydrogen-bond donors (Lipinski definition) is 1. The van der Waals surface area contributed by atoms with Crippen LogP contribution in [0.5, 0.6) is 0 Å². The van der Waals surface area contributed by atoms with Gasteiger partial charge in [0.1, 0.15) is 5.60 Å². The summed E-state index contributed by atoms with van der Waals surface area (Å²) in [7, 11) is 1.56. The Kier molecular flexibility index (Phi) is 4.33. The zero-order valence-electron chi connectivity index (χ0n) is 10.7. The maximum absolute atomic E-state index is 12.3. The Morgan fingerprint density at radius 1 is 1.62 bits per heavy atom. The molecule has 4 heteroatoms. The van der Waals surface area contributed by atoms with Crippen LogP contribution < -0.4 is 0 Å². The SMILES string of the molecule is CCC(C)(OC)C(=O)N1CCCC(O)C1C. The fourth-order valence-electron chi connectivity index (χ4n) is 2.10. The molecule has 0 radical (unpaired) electrons. The quantitative estimate of drug-likeness (QED) is 0.790. The van der Waals surface area contributed by atoms with Gasteiger partial charge in [0.05, 0.1) is 12.1 Å². The van der Waals surface area contributed by atoms with Gasteiger partial charge in [-0.2, -0.15) is 0 Å². The van der Waals surface area contributed by atoms with Crippen LogP contribution >= 0.6 is 0 Å². The number of ether oxygens (including phenoxy) is 1. The first-order chi connectivity index (χ1) is 7.46. The van der Waals surface area contributed by atoms with Crippen molar-refractivity contribution in [1.82, 2.24) is 4.90 Å². The molecule has 0 saturated carbocycles. The molecule has 1 aliphatic rings. The summed E-state index contributed by atoms with van der Waals surface area (Å²) in [6.07, 6.45) is 1.87. The van der Waals surface area contributed by atoms with Gasteiger partial charge in [-0.05, 0) is 33.1 Å². The van der Waals surface area contributed by atoms with Crippen molar-refractivity contribution in [2.45, 2.75) is 57.8 Å². The molecule has 1 aliphatic heterocycles. The van der Waals surface area contributed by atoms with Gasteiger partial charge < -0.3 is 14.7 Å². The molecule has 0 aromatic rings. The van der Waals surface area contributed by atoms with Crippen LogP contribution in [-0.4, -0.2) is 47.3 Å². The summed E-state index contributed by atoms with van der Waals surface area (Å²) >= 11 is 0. The zero-order valence-corrected chi connectivity index (χ0v) is 10.7. The van der Waals surface area contributed by atoms with Crippen LogP contribution in [0.3, 0.4) is 0 Å². The molecule has 3 unspecified atom stereocenters. The highest BCUT2D eigenvalue weighted by molar-refractivity contribution is 5.85. The fourth-order valence-corrected chi connectivity index (χ4v) is 2.10. The maximum Gasteiger partial charge on any atom is 0.254 e. The van der Waals surface area contributed by atoms with Gasteiger partial charge in [0.15, 0.2) is 0 Å². The minimum absolute atomic E-state index is 0.0104. The number of methoxy groups -OCH3 is 1. The van der Waals surface area contributed by atoms with Crippen LogP contribution in [0.2, 0.25) is 0 Å². The topological polar surface area (TPSA) is 49.8 Å². The number of hydrogen-bond acceptors (Lipinski definition) is 3. The average molecular weight is 229 g/mol. The van der Waals surface area contributed by atoms with E-state index in [0.717, 1.165) is 19.4 Å². The van der Waals surface area contributed by atoms with E-state index < -0.39 is 11.7 Å². The van der Waals surface area contributed by atoms with Crippen molar-refractivity contribution >= 4 is 5.91 Å². The van der Waals surface area contributed by atoms with Crippen LogP contribution in [-0.2, 0) is 9.53 Å². The second kappa shape index (κ2) is 5.15. The lowest BCUT2D eigenvalue weighted by Gasteiger charge is -2.41. The van der Waals surface area contributed by atoms with E-state index in [2.05, 4.69) is 0 Å². The molecule has 0 spiro atoms. The molecule has 1 rings (SSSR count). The second-order valence-corrected chi connectivity index (χ2v) is 4.74. The highest BCUT2D eigenvalue weighted by atomic mass is 16.5. The van der Waals surface area contributed by atoms with Gasteiger partial charge in [-0.3, -0.25) is 4.79 Å². The number of rotatable bonds is 3. The Morgan fingerprint density at radius 3 is 2.75 bits per heavy atom. The van der Waals surface area contributed by atoms with Gasteiger partial charge in [-0.1, -0.05) is 6.92 Å². The lowest BCUT2D eigenvalue weighted by molar-refractivity contribution is -0.160. The third kappa shape index (κ3) is 2.38. The summed E-state index contributed by atoms with van der Waals surface area (Å²) in [6.45, 7) is 6.36. The Bertz CT molecular complexity index is 251. The number of carbonyl (C=O) groups excluding carboxylic acids is 1. The lowest BCUT2D eigenvalue weighted by atomic mass is 9.95.